The van der Waals surface area contributed by atoms with Gasteiger partial charge in [0, 0.05) is 24.0 Å². The number of nitrogens with zero attached hydrogens (tertiary/aromatic N) is 3. The summed E-state index contributed by atoms with van der Waals surface area (Å²) in [6, 6.07) is 17.2. The topological polar surface area (TPSA) is 39.5 Å². The predicted molar refractivity (Wildman–Crippen MR) is 143 cm³/mol. The fraction of sp³-hybridized carbons (Fsp3) is 0.300. The quantitative estimate of drug-likeness (QED) is 0.143. The van der Waals surface area contributed by atoms with Crippen molar-refractivity contribution in [3.63, 3.8) is 0 Å². The van der Waals surface area contributed by atoms with Crippen molar-refractivity contribution in [2.24, 2.45) is 0 Å². The van der Waals surface area contributed by atoms with Crippen LogP contribution < -0.4 is 9.47 Å². The van der Waals surface area contributed by atoms with Gasteiger partial charge in [-0.3, -0.25) is 0 Å². The molecule has 39 heavy (non-hydrogen) atoms. The fourth-order valence-corrected chi connectivity index (χ4v) is 4.21. The van der Waals surface area contributed by atoms with E-state index in [1.54, 1.807) is 24.3 Å². The number of ether oxygens (including phenoxy) is 2. The van der Waals surface area contributed by atoms with Crippen molar-refractivity contribution in [1.29, 1.82) is 0 Å². The molecule has 0 aliphatic carbocycles. The lowest BCUT2D eigenvalue weighted by Crippen LogP contribution is -2.25. The Bertz CT molecular complexity index is 1360. The van der Waals surface area contributed by atoms with E-state index in [9.17, 15) is 17.6 Å². The van der Waals surface area contributed by atoms with Crippen LogP contribution in [0.4, 0.5) is 17.6 Å². The van der Waals surface area contributed by atoms with Gasteiger partial charge >= 0.3 is 6.18 Å². The van der Waals surface area contributed by atoms with E-state index in [2.05, 4.69) is 23.7 Å². The predicted octanol–water partition coefficient (Wildman–Crippen LogP) is 7.91. The smallest absolute Gasteiger partial charge is 0.419 e. The van der Waals surface area contributed by atoms with E-state index >= 15 is 0 Å². The number of imidazole rings is 1. The van der Waals surface area contributed by atoms with Gasteiger partial charge in [0.25, 0.3) is 0 Å². The van der Waals surface area contributed by atoms with E-state index in [0.717, 1.165) is 66.7 Å². The molecule has 0 unspecified atom stereocenters. The van der Waals surface area contributed by atoms with Crippen LogP contribution in [-0.2, 0) is 6.18 Å². The monoisotopic (exact) mass is 541 g/mol. The molecule has 4 rings (SSSR count). The lowest BCUT2D eigenvalue weighted by molar-refractivity contribution is -0.140. The maximum atomic E-state index is 13.5. The Morgan fingerprint density at radius 3 is 2.15 bits per heavy atom. The maximum Gasteiger partial charge on any atom is 0.419 e. The van der Waals surface area contributed by atoms with Crippen molar-refractivity contribution in [2.75, 3.05) is 26.2 Å². The molecule has 0 saturated carbocycles. The van der Waals surface area contributed by atoms with Crippen LogP contribution in [0, 0.1) is 12.7 Å². The van der Waals surface area contributed by atoms with Gasteiger partial charge in [-0.15, -0.1) is 0 Å². The summed E-state index contributed by atoms with van der Waals surface area (Å²) in [5.41, 5.74) is 1.19. The fourth-order valence-electron chi connectivity index (χ4n) is 4.21. The molecule has 1 aromatic heterocycles. The Labute approximate surface area is 225 Å². The summed E-state index contributed by atoms with van der Waals surface area (Å²) in [7, 11) is 0. The van der Waals surface area contributed by atoms with Crippen LogP contribution in [-0.4, -0.2) is 40.7 Å². The summed E-state index contributed by atoms with van der Waals surface area (Å²) < 4.78 is 65.8. The SMILES string of the molecule is CCN(CC)CCCOc1ccc(-c2cn(-c3ccc(Oc4ccc(F)c(C(F)(F)F)c4)cc3)c(C)n2)cc1. The standard InChI is InChI=1S/C30H31F4N3O2/c1-4-36(5-2)17-6-18-38-24-11-7-22(8-12-24)29-20-37(21(3)35-29)23-9-13-25(14-10-23)39-26-15-16-28(31)27(19-26)30(32,33)34/h7-16,19-20H,4-6,17-18H2,1-3H3. The molecule has 0 aliphatic rings. The van der Waals surface area contributed by atoms with Gasteiger partial charge in [0.1, 0.15) is 28.9 Å². The molecular weight excluding hydrogens is 510 g/mol. The number of halogens is 4. The molecule has 4 aromatic rings. The molecule has 0 amide bonds. The molecule has 0 atom stereocenters. The van der Waals surface area contributed by atoms with Crippen LogP contribution in [0.5, 0.6) is 17.2 Å². The first kappa shape index (κ1) is 28.2. The van der Waals surface area contributed by atoms with Crippen molar-refractivity contribution in [2.45, 2.75) is 33.4 Å². The van der Waals surface area contributed by atoms with Crippen LogP contribution in [0.25, 0.3) is 16.9 Å². The largest absolute Gasteiger partial charge is 0.494 e. The second-order valence-corrected chi connectivity index (χ2v) is 9.03. The molecular formula is C30H31F4N3O2. The summed E-state index contributed by atoms with van der Waals surface area (Å²) in [6.07, 6.45) is -1.92. The number of hydrogen-bond donors (Lipinski definition) is 0. The molecule has 0 radical (unpaired) electrons. The minimum absolute atomic E-state index is 0.103. The Hall–Kier alpha value is -3.85. The Morgan fingerprint density at radius 1 is 0.872 bits per heavy atom. The molecule has 1 heterocycles. The van der Waals surface area contributed by atoms with E-state index < -0.39 is 17.6 Å². The Balaban J connectivity index is 1.40. The van der Waals surface area contributed by atoms with Crippen LogP contribution in [0.3, 0.4) is 0 Å². The van der Waals surface area contributed by atoms with Gasteiger partial charge < -0.3 is 18.9 Å². The highest BCUT2D eigenvalue weighted by Gasteiger charge is 2.34. The first-order chi connectivity index (χ1) is 18.7. The summed E-state index contributed by atoms with van der Waals surface area (Å²) in [6.45, 7) is 9.95. The van der Waals surface area contributed by atoms with Crippen molar-refractivity contribution in [1.82, 2.24) is 14.5 Å². The molecule has 9 heteroatoms. The van der Waals surface area contributed by atoms with Crippen LogP contribution in [0.15, 0.2) is 72.9 Å². The highest BCUT2D eigenvalue weighted by atomic mass is 19.4. The molecule has 0 aliphatic heterocycles. The molecule has 0 N–H and O–H groups in total. The highest BCUT2D eigenvalue weighted by molar-refractivity contribution is 5.60. The number of alkyl halides is 3. The number of hydrogen-bond acceptors (Lipinski definition) is 4. The van der Waals surface area contributed by atoms with E-state index in [0.29, 0.717) is 18.4 Å². The third kappa shape index (κ3) is 7.17. The number of rotatable bonds is 11. The summed E-state index contributed by atoms with van der Waals surface area (Å²) in [5.74, 6) is 0.458. The average molecular weight is 542 g/mol. The molecule has 0 bridgehead atoms. The van der Waals surface area contributed by atoms with Gasteiger partial charge in [0.15, 0.2) is 0 Å². The molecule has 3 aromatic carbocycles. The zero-order valence-electron chi connectivity index (χ0n) is 22.1. The van der Waals surface area contributed by atoms with Crippen LogP contribution in [0.2, 0.25) is 0 Å². The number of aromatic nitrogens is 2. The number of aryl methyl sites for hydroxylation is 1. The van der Waals surface area contributed by atoms with E-state index in [4.69, 9.17) is 9.47 Å². The normalized spacial score (nSPS) is 11.7. The Kier molecular flexibility index (Phi) is 8.91. The third-order valence-corrected chi connectivity index (χ3v) is 6.41. The highest BCUT2D eigenvalue weighted by Crippen LogP contribution is 2.35. The van der Waals surface area contributed by atoms with Crippen molar-refractivity contribution in [3.05, 3.63) is 90.1 Å². The molecule has 0 fully saturated rings. The van der Waals surface area contributed by atoms with Crippen molar-refractivity contribution in [3.8, 4) is 34.2 Å². The molecule has 0 saturated heterocycles. The summed E-state index contributed by atoms with van der Waals surface area (Å²) in [4.78, 5) is 7.04. The minimum atomic E-state index is -4.80. The van der Waals surface area contributed by atoms with Gasteiger partial charge in [-0.1, -0.05) is 13.8 Å². The van der Waals surface area contributed by atoms with Crippen molar-refractivity contribution < 1.29 is 27.0 Å². The molecule has 206 valence electrons. The van der Waals surface area contributed by atoms with Gasteiger partial charge in [0.05, 0.1) is 17.9 Å². The van der Waals surface area contributed by atoms with Gasteiger partial charge in [-0.2, -0.15) is 13.2 Å². The lowest BCUT2D eigenvalue weighted by Gasteiger charge is -2.17. The molecule has 0 spiro atoms. The van der Waals surface area contributed by atoms with Crippen LogP contribution >= 0.6 is 0 Å². The van der Waals surface area contributed by atoms with Crippen molar-refractivity contribution >= 4 is 0 Å². The van der Waals surface area contributed by atoms with Gasteiger partial charge in [-0.25, -0.2) is 9.37 Å². The van der Waals surface area contributed by atoms with Gasteiger partial charge in [-0.05, 0) is 93.2 Å². The second-order valence-electron chi connectivity index (χ2n) is 9.03. The first-order valence-electron chi connectivity index (χ1n) is 12.8. The summed E-state index contributed by atoms with van der Waals surface area (Å²) in [5, 5.41) is 0. The van der Waals surface area contributed by atoms with Crippen LogP contribution in [0.1, 0.15) is 31.7 Å². The zero-order valence-corrected chi connectivity index (χ0v) is 22.1. The Morgan fingerprint density at radius 2 is 1.51 bits per heavy atom. The first-order valence-corrected chi connectivity index (χ1v) is 12.8. The number of benzene rings is 3. The zero-order chi connectivity index (χ0) is 28.0. The lowest BCUT2D eigenvalue weighted by atomic mass is 10.1. The third-order valence-electron chi connectivity index (χ3n) is 6.41. The minimum Gasteiger partial charge on any atom is -0.494 e. The van der Waals surface area contributed by atoms with E-state index in [-0.39, 0.29) is 5.75 Å². The second kappa shape index (κ2) is 12.3. The van der Waals surface area contributed by atoms with E-state index in [1.807, 2.05) is 42.0 Å². The maximum absolute atomic E-state index is 13.5. The van der Waals surface area contributed by atoms with Gasteiger partial charge in [0.2, 0.25) is 0 Å². The molecule has 5 nitrogen and oxygen atoms in total. The van der Waals surface area contributed by atoms with E-state index in [1.165, 1.54) is 0 Å². The summed E-state index contributed by atoms with van der Waals surface area (Å²) >= 11 is 0. The average Bonchev–Trinajstić information content (AvgIpc) is 3.31.